The standard InChI is InChI=1S/C16H19N3O3S/c1-11-7-8-15(19-23(3,21)22)14(9-11)16(20)17-10-13-6-4-5-12(2)18-13/h4-9,19H,10H2,1-3H3,(H,17,20). The van der Waals surface area contributed by atoms with Crippen molar-refractivity contribution in [1.29, 1.82) is 0 Å². The molecule has 1 aromatic heterocycles. The number of carbonyl (C=O) groups is 1. The van der Waals surface area contributed by atoms with Crippen LogP contribution < -0.4 is 10.0 Å². The maximum atomic E-state index is 12.4. The maximum Gasteiger partial charge on any atom is 0.253 e. The molecule has 0 radical (unpaired) electrons. The molecule has 0 aliphatic rings. The number of hydrogen-bond donors (Lipinski definition) is 2. The van der Waals surface area contributed by atoms with E-state index < -0.39 is 10.0 Å². The second kappa shape index (κ2) is 6.78. The Hall–Kier alpha value is -2.41. The summed E-state index contributed by atoms with van der Waals surface area (Å²) in [5.41, 5.74) is 3.01. The SMILES string of the molecule is Cc1ccc(NS(C)(=O)=O)c(C(=O)NCc2cccc(C)n2)c1. The van der Waals surface area contributed by atoms with Gasteiger partial charge in [0.2, 0.25) is 10.0 Å². The quantitative estimate of drug-likeness (QED) is 0.876. The van der Waals surface area contributed by atoms with Crippen molar-refractivity contribution in [3.05, 3.63) is 58.9 Å². The fourth-order valence-corrected chi connectivity index (χ4v) is 2.68. The number of rotatable bonds is 5. The molecule has 122 valence electrons. The molecule has 0 saturated heterocycles. The molecule has 0 fully saturated rings. The Morgan fingerprint density at radius 2 is 1.91 bits per heavy atom. The first-order valence-electron chi connectivity index (χ1n) is 7.04. The van der Waals surface area contributed by atoms with Crippen molar-refractivity contribution in [1.82, 2.24) is 10.3 Å². The van der Waals surface area contributed by atoms with Crippen LogP contribution >= 0.6 is 0 Å². The molecule has 7 heteroatoms. The molecule has 0 spiro atoms. The maximum absolute atomic E-state index is 12.4. The van der Waals surface area contributed by atoms with Crippen molar-refractivity contribution < 1.29 is 13.2 Å². The third kappa shape index (κ3) is 5.07. The van der Waals surface area contributed by atoms with Gasteiger partial charge in [0.15, 0.2) is 0 Å². The third-order valence-electron chi connectivity index (χ3n) is 3.09. The molecular formula is C16H19N3O3S. The lowest BCUT2D eigenvalue weighted by Gasteiger charge is -2.12. The van der Waals surface area contributed by atoms with Crippen LogP contribution in [0.25, 0.3) is 0 Å². The smallest absolute Gasteiger partial charge is 0.253 e. The van der Waals surface area contributed by atoms with Gasteiger partial charge in [-0.15, -0.1) is 0 Å². The molecular weight excluding hydrogens is 314 g/mol. The summed E-state index contributed by atoms with van der Waals surface area (Å²) in [5.74, 6) is -0.358. The van der Waals surface area contributed by atoms with E-state index >= 15 is 0 Å². The number of benzene rings is 1. The normalized spacial score (nSPS) is 11.1. The van der Waals surface area contributed by atoms with Gasteiger partial charge >= 0.3 is 0 Å². The zero-order chi connectivity index (χ0) is 17.0. The van der Waals surface area contributed by atoms with E-state index in [1.54, 1.807) is 18.2 Å². The van der Waals surface area contributed by atoms with E-state index in [-0.39, 0.29) is 23.7 Å². The second-order valence-electron chi connectivity index (χ2n) is 5.38. The van der Waals surface area contributed by atoms with E-state index in [1.807, 2.05) is 32.0 Å². The highest BCUT2D eigenvalue weighted by molar-refractivity contribution is 7.92. The number of pyridine rings is 1. The number of anilines is 1. The monoisotopic (exact) mass is 333 g/mol. The van der Waals surface area contributed by atoms with Crippen LogP contribution in [0.1, 0.15) is 27.3 Å². The summed E-state index contributed by atoms with van der Waals surface area (Å²) in [4.78, 5) is 16.7. The zero-order valence-corrected chi connectivity index (χ0v) is 14.1. The van der Waals surface area contributed by atoms with Crippen LogP contribution in [0.15, 0.2) is 36.4 Å². The molecule has 6 nitrogen and oxygen atoms in total. The van der Waals surface area contributed by atoms with Gasteiger partial charge in [-0.25, -0.2) is 8.42 Å². The Morgan fingerprint density at radius 1 is 1.17 bits per heavy atom. The first-order valence-corrected chi connectivity index (χ1v) is 8.93. The van der Waals surface area contributed by atoms with E-state index in [4.69, 9.17) is 0 Å². The molecule has 0 aliphatic heterocycles. The highest BCUT2D eigenvalue weighted by atomic mass is 32.2. The Labute approximate surface area is 136 Å². The molecule has 1 aromatic carbocycles. The molecule has 0 aliphatic carbocycles. The molecule has 2 rings (SSSR count). The topological polar surface area (TPSA) is 88.2 Å². The van der Waals surface area contributed by atoms with Crippen LogP contribution in [0.3, 0.4) is 0 Å². The Morgan fingerprint density at radius 3 is 2.57 bits per heavy atom. The number of aryl methyl sites for hydroxylation is 2. The van der Waals surface area contributed by atoms with E-state index in [9.17, 15) is 13.2 Å². The average Bonchev–Trinajstić information content (AvgIpc) is 2.45. The van der Waals surface area contributed by atoms with Crippen molar-refractivity contribution in [3.8, 4) is 0 Å². The summed E-state index contributed by atoms with van der Waals surface area (Å²) in [5, 5.41) is 2.76. The summed E-state index contributed by atoms with van der Waals surface area (Å²) in [6.45, 7) is 3.98. The summed E-state index contributed by atoms with van der Waals surface area (Å²) < 4.78 is 25.2. The van der Waals surface area contributed by atoms with E-state index in [1.165, 1.54) is 0 Å². The zero-order valence-electron chi connectivity index (χ0n) is 13.3. The van der Waals surface area contributed by atoms with Gasteiger partial charge in [-0.1, -0.05) is 17.7 Å². The van der Waals surface area contributed by atoms with Crippen LogP contribution in [-0.4, -0.2) is 25.6 Å². The van der Waals surface area contributed by atoms with Gasteiger partial charge < -0.3 is 5.32 Å². The molecule has 2 N–H and O–H groups in total. The van der Waals surface area contributed by atoms with Crippen LogP contribution in [0.5, 0.6) is 0 Å². The molecule has 0 bridgehead atoms. The van der Waals surface area contributed by atoms with Gasteiger partial charge in [-0.2, -0.15) is 0 Å². The number of hydrogen-bond acceptors (Lipinski definition) is 4. The van der Waals surface area contributed by atoms with Crippen molar-refractivity contribution in [3.63, 3.8) is 0 Å². The third-order valence-corrected chi connectivity index (χ3v) is 3.68. The highest BCUT2D eigenvalue weighted by Gasteiger charge is 2.14. The number of amides is 1. The lowest BCUT2D eigenvalue weighted by molar-refractivity contribution is 0.0951. The van der Waals surface area contributed by atoms with Gasteiger partial charge in [0.1, 0.15) is 0 Å². The number of nitrogens with zero attached hydrogens (tertiary/aromatic N) is 1. The van der Waals surface area contributed by atoms with E-state index in [0.717, 1.165) is 23.2 Å². The minimum absolute atomic E-state index is 0.257. The second-order valence-corrected chi connectivity index (χ2v) is 7.12. The largest absolute Gasteiger partial charge is 0.346 e. The van der Waals surface area contributed by atoms with Crippen LogP contribution in [0, 0.1) is 13.8 Å². The molecule has 1 heterocycles. The van der Waals surface area contributed by atoms with Gasteiger partial charge in [0.05, 0.1) is 29.7 Å². The predicted molar refractivity (Wildman–Crippen MR) is 89.8 cm³/mol. The van der Waals surface area contributed by atoms with E-state index in [0.29, 0.717) is 0 Å². The summed E-state index contributed by atoms with van der Waals surface area (Å²) in [6, 6.07) is 10.5. The molecule has 0 saturated carbocycles. The van der Waals surface area contributed by atoms with Crippen LogP contribution in [-0.2, 0) is 16.6 Å². The average molecular weight is 333 g/mol. The first kappa shape index (κ1) is 17.0. The van der Waals surface area contributed by atoms with Gasteiger partial charge in [-0.05, 0) is 38.1 Å². The number of aromatic nitrogens is 1. The molecule has 0 unspecified atom stereocenters. The molecule has 2 aromatic rings. The van der Waals surface area contributed by atoms with Crippen molar-refractivity contribution >= 4 is 21.6 Å². The molecule has 1 amide bonds. The Bertz CT molecular complexity index is 832. The highest BCUT2D eigenvalue weighted by Crippen LogP contribution is 2.18. The van der Waals surface area contributed by atoms with Crippen LogP contribution in [0.2, 0.25) is 0 Å². The number of sulfonamides is 1. The molecule has 23 heavy (non-hydrogen) atoms. The lowest BCUT2D eigenvalue weighted by Crippen LogP contribution is -2.25. The predicted octanol–water partition coefficient (Wildman–Crippen LogP) is 2.00. The lowest BCUT2D eigenvalue weighted by atomic mass is 10.1. The Kier molecular flexibility index (Phi) is 5.00. The van der Waals surface area contributed by atoms with Gasteiger partial charge in [0.25, 0.3) is 5.91 Å². The summed E-state index contributed by atoms with van der Waals surface area (Å²) in [6.07, 6.45) is 1.05. The Balaban J connectivity index is 2.19. The minimum Gasteiger partial charge on any atom is -0.346 e. The van der Waals surface area contributed by atoms with Gasteiger partial charge in [-0.3, -0.25) is 14.5 Å². The van der Waals surface area contributed by atoms with Crippen LogP contribution in [0.4, 0.5) is 5.69 Å². The fourth-order valence-electron chi connectivity index (χ4n) is 2.10. The van der Waals surface area contributed by atoms with E-state index in [2.05, 4.69) is 15.0 Å². The van der Waals surface area contributed by atoms with Crippen molar-refractivity contribution in [2.45, 2.75) is 20.4 Å². The minimum atomic E-state index is -3.46. The molecule has 0 atom stereocenters. The van der Waals surface area contributed by atoms with Crippen molar-refractivity contribution in [2.75, 3.05) is 11.0 Å². The van der Waals surface area contributed by atoms with Gasteiger partial charge in [0, 0.05) is 5.69 Å². The summed E-state index contributed by atoms with van der Waals surface area (Å²) >= 11 is 0. The first-order chi connectivity index (χ1) is 10.7. The fraction of sp³-hybridized carbons (Fsp3) is 0.250. The van der Waals surface area contributed by atoms with Crippen molar-refractivity contribution in [2.24, 2.45) is 0 Å². The number of carbonyl (C=O) groups excluding carboxylic acids is 1. The summed E-state index contributed by atoms with van der Waals surface area (Å²) in [7, 11) is -3.46. The number of nitrogens with one attached hydrogen (secondary N) is 2.